The molecule has 7 rings (SSSR count). The number of aromatic nitrogens is 2. The Kier molecular flexibility index (Phi) is 8.50. The Morgan fingerprint density at radius 3 is 2.52 bits per heavy atom. The van der Waals surface area contributed by atoms with Gasteiger partial charge in [0, 0.05) is 74.1 Å². The van der Waals surface area contributed by atoms with Crippen molar-refractivity contribution in [2.24, 2.45) is 0 Å². The van der Waals surface area contributed by atoms with Crippen LogP contribution in [0.3, 0.4) is 0 Å². The van der Waals surface area contributed by atoms with E-state index in [2.05, 4.69) is 52.1 Å². The summed E-state index contributed by atoms with van der Waals surface area (Å²) in [6.45, 7) is 6.91. The number of unbranched alkanes of at least 4 members (excludes halogenated alkanes) is 3. The van der Waals surface area contributed by atoms with E-state index in [4.69, 9.17) is 9.72 Å². The maximum atomic E-state index is 13.3. The Labute approximate surface area is 268 Å². The molecule has 0 amide bonds. The van der Waals surface area contributed by atoms with Gasteiger partial charge in [-0.2, -0.15) is 0 Å². The van der Waals surface area contributed by atoms with E-state index in [1.54, 1.807) is 22.8 Å². The third-order valence-corrected chi connectivity index (χ3v) is 9.81. The molecule has 4 aromatic rings. The molecule has 2 N–H and O–H groups in total. The van der Waals surface area contributed by atoms with E-state index in [1.165, 1.54) is 31.4 Å². The summed E-state index contributed by atoms with van der Waals surface area (Å²) < 4.78 is 6.63. The van der Waals surface area contributed by atoms with Gasteiger partial charge in [-0.25, -0.2) is 9.78 Å². The minimum atomic E-state index is -1.48. The van der Waals surface area contributed by atoms with Crippen molar-refractivity contribution >= 4 is 22.6 Å². The van der Waals surface area contributed by atoms with Gasteiger partial charge in [0.15, 0.2) is 6.10 Å². The number of anilines is 1. The van der Waals surface area contributed by atoms with Crippen LogP contribution in [0, 0.1) is 0 Å². The third kappa shape index (κ3) is 5.88. The lowest BCUT2D eigenvalue weighted by molar-refractivity contribution is -0.157. The highest BCUT2D eigenvalue weighted by atomic mass is 16.5. The van der Waals surface area contributed by atoms with Crippen LogP contribution in [0.4, 0.5) is 5.69 Å². The number of cyclic esters (lactones) is 1. The van der Waals surface area contributed by atoms with Crippen LogP contribution in [0.1, 0.15) is 54.0 Å². The lowest BCUT2D eigenvalue weighted by atomic mass is 10.00. The number of aliphatic hydroxyl groups excluding tert-OH is 1. The molecule has 3 aliphatic rings. The maximum absolute atomic E-state index is 13.3. The molecular weight excluding hydrogens is 582 g/mol. The van der Waals surface area contributed by atoms with Crippen LogP contribution in [-0.2, 0) is 29.2 Å². The molecule has 10 heteroatoms. The van der Waals surface area contributed by atoms with E-state index in [1.807, 2.05) is 6.07 Å². The number of esters is 1. The van der Waals surface area contributed by atoms with Crippen molar-refractivity contribution in [2.45, 2.75) is 51.5 Å². The zero-order chi connectivity index (χ0) is 31.8. The molecule has 46 heavy (non-hydrogen) atoms. The predicted molar refractivity (Wildman–Crippen MR) is 177 cm³/mol. The number of hydrogen-bond donors (Lipinski definition) is 2. The number of piperazine rings is 1. The van der Waals surface area contributed by atoms with Gasteiger partial charge in [-0.1, -0.05) is 31.0 Å². The van der Waals surface area contributed by atoms with Crippen LogP contribution in [0.2, 0.25) is 0 Å². The Morgan fingerprint density at radius 1 is 0.957 bits per heavy atom. The molecule has 10 nitrogen and oxygen atoms in total. The first-order valence-electron chi connectivity index (χ1n) is 16.3. The van der Waals surface area contributed by atoms with Crippen molar-refractivity contribution in [1.82, 2.24) is 19.4 Å². The summed E-state index contributed by atoms with van der Waals surface area (Å²) in [6.07, 6.45) is 3.43. The van der Waals surface area contributed by atoms with Gasteiger partial charge in [-0.3, -0.25) is 9.69 Å². The molecule has 1 saturated heterocycles. The lowest BCUT2D eigenvalue weighted by Gasteiger charge is -2.35. The molecule has 1 atom stereocenters. The molecule has 2 aromatic carbocycles. The molecule has 1 unspecified atom stereocenters. The summed E-state index contributed by atoms with van der Waals surface area (Å²) in [5, 5.41) is 22.2. The molecule has 3 aliphatic heterocycles. The first-order chi connectivity index (χ1) is 22.4. The number of para-hydroxylation sites is 1. The third-order valence-electron chi connectivity index (χ3n) is 9.81. The number of carbonyl (C=O) groups is 1. The summed E-state index contributed by atoms with van der Waals surface area (Å²) in [5.41, 5.74) is 5.28. The molecule has 1 fully saturated rings. The quantitative estimate of drug-likeness (QED) is 0.176. The van der Waals surface area contributed by atoms with E-state index in [9.17, 15) is 19.8 Å². The van der Waals surface area contributed by atoms with Gasteiger partial charge in [0.2, 0.25) is 0 Å². The summed E-state index contributed by atoms with van der Waals surface area (Å²) in [5.74, 6) is -0.502. The van der Waals surface area contributed by atoms with E-state index in [0.29, 0.717) is 35.6 Å². The predicted octanol–water partition coefficient (Wildman–Crippen LogP) is 4.04. The van der Waals surface area contributed by atoms with Gasteiger partial charge in [0.25, 0.3) is 5.56 Å². The van der Waals surface area contributed by atoms with Crippen LogP contribution in [0.25, 0.3) is 22.3 Å². The van der Waals surface area contributed by atoms with Crippen LogP contribution in [0.15, 0.2) is 59.4 Å². The van der Waals surface area contributed by atoms with Crippen LogP contribution >= 0.6 is 0 Å². The van der Waals surface area contributed by atoms with Crippen molar-refractivity contribution < 1.29 is 19.7 Å². The van der Waals surface area contributed by atoms with Crippen molar-refractivity contribution in [3.63, 3.8) is 0 Å². The number of rotatable bonds is 10. The molecular formula is C36H41N5O5. The lowest BCUT2D eigenvalue weighted by Crippen LogP contribution is -2.46. The summed E-state index contributed by atoms with van der Waals surface area (Å²) in [7, 11) is 2.16. The maximum Gasteiger partial charge on any atom is 0.340 e. The topological polar surface area (TPSA) is 111 Å². The standard InChI is InChI=1S/C36H41N5O5/c1-38(25-9-5-4-6-10-25)13-7-2-3-8-14-39-15-17-40(18-16-39)22-28-26-19-24-21-41-31(33(24)37-30(26)11-12-32(28)42)20-27-29(35(41)44)23-46-36(45)34(27)43/h4-6,9-12,19-20,34,42-43H,2-3,7-8,13-18,21-23H2,1H3. The highest BCUT2D eigenvalue weighted by Crippen LogP contribution is 2.37. The van der Waals surface area contributed by atoms with E-state index in [-0.39, 0.29) is 17.9 Å². The smallest absolute Gasteiger partial charge is 0.340 e. The number of hydrogen-bond acceptors (Lipinski definition) is 9. The molecule has 0 bridgehead atoms. The zero-order valence-corrected chi connectivity index (χ0v) is 26.3. The highest BCUT2D eigenvalue weighted by molar-refractivity contribution is 5.89. The van der Waals surface area contributed by atoms with Crippen molar-refractivity contribution in [3.8, 4) is 17.1 Å². The monoisotopic (exact) mass is 623 g/mol. The number of ether oxygens (including phenoxy) is 1. The minimum absolute atomic E-state index is 0.144. The van der Waals surface area contributed by atoms with E-state index >= 15 is 0 Å². The molecule has 5 heterocycles. The number of pyridine rings is 2. The highest BCUT2D eigenvalue weighted by Gasteiger charge is 2.34. The fourth-order valence-corrected chi connectivity index (χ4v) is 7.06. The Bertz CT molecular complexity index is 1820. The van der Waals surface area contributed by atoms with Gasteiger partial charge < -0.3 is 29.3 Å². The van der Waals surface area contributed by atoms with Crippen molar-refractivity contribution in [1.29, 1.82) is 0 Å². The average molecular weight is 624 g/mol. The molecule has 0 saturated carbocycles. The fraction of sp³-hybridized carbons (Fsp3) is 0.417. The zero-order valence-electron chi connectivity index (χ0n) is 26.3. The Balaban J connectivity index is 0.958. The number of benzene rings is 2. The molecule has 240 valence electrons. The second-order valence-corrected chi connectivity index (χ2v) is 12.8. The average Bonchev–Trinajstić information content (AvgIpc) is 3.44. The second-order valence-electron chi connectivity index (χ2n) is 12.8. The number of aromatic hydroxyl groups is 1. The van der Waals surface area contributed by atoms with Crippen LogP contribution < -0.4 is 10.5 Å². The molecule has 0 radical (unpaired) electrons. The summed E-state index contributed by atoms with van der Waals surface area (Å²) >= 11 is 0. The summed E-state index contributed by atoms with van der Waals surface area (Å²) in [6, 6.07) is 17.8. The number of nitrogens with zero attached hydrogens (tertiary/aromatic N) is 5. The van der Waals surface area contributed by atoms with E-state index in [0.717, 1.165) is 61.3 Å². The number of aliphatic hydroxyl groups is 1. The number of phenols is 1. The van der Waals surface area contributed by atoms with Gasteiger partial charge in [-0.05, 0) is 55.8 Å². The molecule has 2 aromatic heterocycles. The fourth-order valence-electron chi connectivity index (χ4n) is 7.06. The first kappa shape index (κ1) is 30.4. The first-order valence-corrected chi connectivity index (χ1v) is 16.3. The van der Waals surface area contributed by atoms with E-state index < -0.39 is 12.1 Å². The normalized spacial score (nSPS) is 17.9. The SMILES string of the molecule is CN(CCCCCCN1CCN(Cc2c(O)ccc3nc4c(cc23)Cn2c-4cc3c(c2=O)COC(=O)C3O)CC1)c1ccccc1. The molecule has 0 spiro atoms. The Morgan fingerprint density at radius 2 is 1.72 bits per heavy atom. The Hall–Kier alpha value is -4.25. The summed E-state index contributed by atoms with van der Waals surface area (Å²) in [4.78, 5) is 37.4. The van der Waals surface area contributed by atoms with Crippen LogP contribution in [0.5, 0.6) is 5.75 Å². The second kappa shape index (κ2) is 12.9. The number of carbonyl (C=O) groups excluding carboxylic acids is 1. The van der Waals surface area contributed by atoms with Gasteiger partial charge >= 0.3 is 5.97 Å². The minimum Gasteiger partial charge on any atom is -0.508 e. The van der Waals surface area contributed by atoms with Gasteiger partial charge in [0.1, 0.15) is 12.4 Å². The van der Waals surface area contributed by atoms with Crippen molar-refractivity contribution in [3.05, 3.63) is 87.2 Å². The number of fused-ring (bicyclic) bond motifs is 5. The van der Waals surface area contributed by atoms with Crippen LogP contribution in [-0.4, -0.2) is 81.8 Å². The number of phenolic OH excluding ortho intramolecular Hbond substituents is 1. The van der Waals surface area contributed by atoms with Gasteiger partial charge in [-0.15, -0.1) is 0 Å². The van der Waals surface area contributed by atoms with Crippen molar-refractivity contribution in [2.75, 3.05) is 51.2 Å². The molecule has 0 aliphatic carbocycles. The van der Waals surface area contributed by atoms with Gasteiger partial charge in [0.05, 0.1) is 29.0 Å². The largest absolute Gasteiger partial charge is 0.508 e.